The number of rotatable bonds is 9. The van der Waals surface area contributed by atoms with Gasteiger partial charge in [0.25, 0.3) is 5.91 Å². The number of hydrogen-bond acceptors (Lipinski definition) is 8. The maximum atomic E-state index is 13.4. The number of allylic oxidation sites excluding steroid dienone is 2. The van der Waals surface area contributed by atoms with Crippen molar-refractivity contribution in [2.45, 2.75) is 19.8 Å². The lowest BCUT2D eigenvalue weighted by Gasteiger charge is -2.27. The van der Waals surface area contributed by atoms with E-state index < -0.39 is 11.9 Å². The van der Waals surface area contributed by atoms with Crippen molar-refractivity contribution in [2.24, 2.45) is 5.73 Å². The first-order valence-corrected chi connectivity index (χ1v) is 12.6. The number of anilines is 2. The zero-order chi connectivity index (χ0) is 28.6. The predicted molar refractivity (Wildman–Crippen MR) is 149 cm³/mol. The molecule has 0 aromatic heterocycles. The third kappa shape index (κ3) is 5.76. The number of nitrogens with zero attached hydrogens (tertiary/aromatic N) is 2. The van der Waals surface area contributed by atoms with E-state index >= 15 is 0 Å². The van der Waals surface area contributed by atoms with Crippen LogP contribution in [-0.4, -0.2) is 32.2 Å². The molecule has 1 amide bonds. The average molecular weight is 540 g/mol. The van der Waals surface area contributed by atoms with Crippen LogP contribution in [0.5, 0.6) is 11.5 Å². The SMILES string of the molecule is CCOC(=O)C1=C(C)OC(N)=C(C#N)C1c1ccc(OCC(=O)N(c2ccccc2)c2ccccc2)c(OC)c1. The summed E-state index contributed by atoms with van der Waals surface area (Å²) in [6.07, 6.45) is 0. The smallest absolute Gasteiger partial charge is 0.338 e. The molecule has 204 valence electrons. The van der Waals surface area contributed by atoms with Crippen LogP contribution in [-0.2, 0) is 19.1 Å². The highest BCUT2D eigenvalue weighted by Gasteiger charge is 2.36. The Kier molecular flexibility index (Phi) is 8.72. The summed E-state index contributed by atoms with van der Waals surface area (Å²) in [4.78, 5) is 27.8. The van der Waals surface area contributed by atoms with Crippen LogP contribution in [0.15, 0.2) is 102 Å². The number of hydrogen-bond donors (Lipinski definition) is 1. The Labute approximate surface area is 232 Å². The Balaban J connectivity index is 1.63. The molecule has 1 unspecified atom stereocenters. The Hall–Kier alpha value is -5.23. The number of methoxy groups -OCH3 is 1. The normalized spacial score (nSPS) is 14.6. The number of esters is 1. The van der Waals surface area contributed by atoms with Crippen LogP contribution < -0.4 is 20.1 Å². The van der Waals surface area contributed by atoms with E-state index in [1.165, 1.54) is 7.11 Å². The quantitative estimate of drug-likeness (QED) is 0.373. The van der Waals surface area contributed by atoms with Crippen molar-refractivity contribution < 1.29 is 28.5 Å². The standard InChI is InChI=1S/C31H29N3O6/c1-4-38-31(36)28-20(2)40-30(33)24(18-32)29(28)21-15-16-25(26(17-21)37-3)39-19-27(35)34(22-11-7-5-8-12-22)23-13-9-6-10-14-23/h5-17,29H,4,19,33H2,1-3H3. The van der Waals surface area contributed by atoms with Gasteiger partial charge in [0.15, 0.2) is 18.1 Å². The molecule has 3 aromatic carbocycles. The van der Waals surface area contributed by atoms with Gasteiger partial charge in [-0.3, -0.25) is 9.69 Å². The monoisotopic (exact) mass is 539 g/mol. The van der Waals surface area contributed by atoms with Crippen LogP contribution in [0.25, 0.3) is 0 Å². The highest BCUT2D eigenvalue weighted by molar-refractivity contribution is 6.01. The van der Waals surface area contributed by atoms with Crippen molar-refractivity contribution >= 4 is 23.3 Å². The van der Waals surface area contributed by atoms with E-state index in [0.29, 0.717) is 28.4 Å². The first kappa shape index (κ1) is 27.8. The number of carbonyl (C=O) groups is 2. The summed E-state index contributed by atoms with van der Waals surface area (Å²) in [7, 11) is 1.46. The van der Waals surface area contributed by atoms with Crippen LogP contribution in [0.4, 0.5) is 11.4 Å². The highest BCUT2D eigenvalue weighted by Crippen LogP contribution is 2.42. The van der Waals surface area contributed by atoms with Gasteiger partial charge in [-0.25, -0.2) is 4.79 Å². The number of ether oxygens (including phenoxy) is 4. The maximum absolute atomic E-state index is 13.4. The summed E-state index contributed by atoms with van der Waals surface area (Å²) >= 11 is 0. The van der Waals surface area contributed by atoms with Gasteiger partial charge in [-0.15, -0.1) is 0 Å². The Morgan fingerprint density at radius 3 is 2.17 bits per heavy atom. The van der Waals surface area contributed by atoms with Crippen LogP contribution in [0.2, 0.25) is 0 Å². The molecule has 4 rings (SSSR count). The molecule has 9 nitrogen and oxygen atoms in total. The lowest BCUT2D eigenvalue weighted by molar-refractivity contribution is -0.139. The van der Waals surface area contributed by atoms with Crippen molar-refractivity contribution in [2.75, 3.05) is 25.2 Å². The molecule has 0 saturated carbocycles. The van der Waals surface area contributed by atoms with Crippen LogP contribution in [0.3, 0.4) is 0 Å². The molecule has 1 heterocycles. The lowest BCUT2D eigenvalue weighted by Crippen LogP contribution is -2.31. The summed E-state index contributed by atoms with van der Waals surface area (Å²) in [6.45, 7) is 3.15. The summed E-state index contributed by atoms with van der Waals surface area (Å²) in [5.74, 6) is -0.984. The van der Waals surface area contributed by atoms with Gasteiger partial charge in [0.05, 0.1) is 25.2 Å². The van der Waals surface area contributed by atoms with Crippen molar-refractivity contribution in [3.05, 3.63) is 107 Å². The second-order valence-corrected chi connectivity index (χ2v) is 8.71. The van der Waals surface area contributed by atoms with Crippen LogP contribution >= 0.6 is 0 Å². The Morgan fingerprint density at radius 2 is 1.62 bits per heavy atom. The number of amides is 1. The maximum Gasteiger partial charge on any atom is 0.338 e. The summed E-state index contributed by atoms with van der Waals surface area (Å²) in [5.41, 5.74) is 8.18. The first-order chi connectivity index (χ1) is 19.4. The number of nitrogens with two attached hydrogens (primary N) is 1. The van der Waals surface area contributed by atoms with Crippen molar-refractivity contribution in [3.63, 3.8) is 0 Å². The molecule has 0 bridgehead atoms. The predicted octanol–water partition coefficient (Wildman–Crippen LogP) is 5.08. The van der Waals surface area contributed by atoms with Gasteiger partial charge in [-0.2, -0.15) is 5.26 Å². The molecule has 2 N–H and O–H groups in total. The van der Waals surface area contributed by atoms with Gasteiger partial charge in [0.1, 0.15) is 17.4 Å². The van der Waals surface area contributed by atoms with Crippen LogP contribution in [0, 0.1) is 11.3 Å². The number of para-hydroxylation sites is 2. The van der Waals surface area contributed by atoms with E-state index in [-0.39, 0.29) is 41.9 Å². The van der Waals surface area contributed by atoms with Gasteiger partial charge < -0.3 is 24.7 Å². The van der Waals surface area contributed by atoms with Crippen molar-refractivity contribution in [1.82, 2.24) is 0 Å². The third-order valence-corrected chi connectivity index (χ3v) is 6.25. The van der Waals surface area contributed by atoms with Gasteiger partial charge in [0.2, 0.25) is 5.88 Å². The molecule has 0 aliphatic carbocycles. The van der Waals surface area contributed by atoms with E-state index in [0.717, 1.165) is 0 Å². The molecule has 0 saturated heterocycles. The molecule has 1 aliphatic rings. The lowest BCUT2D eigenvalue weighted by atomic mass is 9.83. The zero-order valence-corrected chi connectivity index (χ0v) is 22.4. The molecule has 0 radical (unpaired) electrons. The summed E-state index contributed by atoms with van der Waals surface area (Å²) in [5, 5.41) is 9.83. The number of nitriles is 1. The minimum Gasteiger partial charge on any atom is -0.493 e. The largest absolute Gasteiger partial charge is 0.493 e. The number of carbonyl (C=O) groups excluding carboxylic acids is 2. The van der Waals surface area contributed by atoms with Gasteiger partial charge >= 0.3 is 5.97 Å². The molecular weight excluding hydrogens is 510 g/mol. The molecule has 0 spiro atoms. The molecular formula is C31H29N3O6. The second-order valence-electron chi connectivity index (χ2n) is 8.71. The fourth-order valence-corrected chi connectivity index (χ4v) is 4.47. The van der Waals surface area contributed by atoms with Gasteiger partial charge in [-0.1, -0.05) is 42.5 Å². The van der Waals surface area contributed by atoms with E-state index in [1.54, 1.807) is 36.9 Å². The van der Waals surface area contributed by atoms with Crippen molar-refractivity contribution in [3.8, 4) is 17.6 Å². The minimum atomic E-state index is -0.839. The topological polar surface area (TPSA) is 124 Å². The summed E-state index contributed by atoms with van der Waals surface area (Å²) < 4.78 is 22.2. The van der Waals surface area contributed by atoms with Crippen molar-refractivity contribution in [1.29, 1.82) is 5.26 Å². The molecule has 0 fully saturated rings. The Morgan fingerprint density at radius 1 is 1.00 bits per heavy atom. The van der Waals surface area contributed by atoms with E-state index in [1.807, 2.05) is 60.7 Å². The van der Waals surface area contributed by atoms with Crippen LogP contribution in [0.1, 0.15) is 25.3 Å². The second kappa shape index (κ2) is 12.5. The Bertz CT molecular complexity index is 1450. The third-order valence-electron chi connectivity index (χ3n) is 6.25. The van der Waals surface area contributed by atoms with E-state index in [4.69, 9.17) is 24.7 Å². The first-order valence-electron chi connectivity index (χ1n) is 12.6. The molecule has 9 heteroatoms. The zero-order valence-electron chi connectivity index (χ0n) is 22.4. The van der Waals surface area contributed by atoms with E-state index in [2.05, 4.69) is 6.07 Å². The molecule has 3 aromatic rings. The minimum absolute atomic E-state index is 0.0703. The fraction of sp³-hybridized carbons (Fsp3) is 0.194. The van der Waals surface area contributed by atoms with Gasteiger partial charge in [-0.05, 0) is 55.8 Å². The average Bonchev–Trinajstić information content (AvgIpc) is 2.97. The van der Waals surface area contributed by atoms with E-state index in [9.17, 15) is 14.9 Å². The fourth-order valence-electron chi connectivity index (χ4n) is 4.47. The molecule has 1 atom stereocenters. The number of benzene rings is 3. The highest BCUT2D eigenvalue weighted by atomic mass is 16.5. The molecule has 1 aliphatic heterocycles. The van der Waals surface area contributed by atoms with Gasteiger partial charge in [0, 0.05) is 11.4 Å². The molecule has 40 heavy (non-hydrogen) atoms. The summed E-state index contributed by atoms with van der Waals surface area (Å²) in [6, 6.07) is 25.5.